The third kappa shape index (κ3) is 5.19. The fourth-order valence-corrected chi connectivity index (χ4v) is 4.06. The van der Waals surface area contributed by atoms with Crippen LogP contribution < -0.4 is 5.32 Å². The topological polar surface area (TPSA) is 41.6 Å². The van der Waals surface area contributed by atoms with Crippen molar-refractivity contribution in [3.63, 3.8) is 0 Å². The fraction of sp³-hybridized carbons (Fsp3) is 0.611. The maximum absolute atomic E-state index is 12.5. The van der Waals surface area contributed by atoms with Gasteiger partial charge in [0.1, 0.15) is 0 Å². The average Bonchev–Trinajstić information content (AvgIpc) is 2.59. The van der Waals surface area contributed by atoms with Crippen LogP contribution in [0.2, 0.25) is 5.02 Å². The summed E-state index contributed by atoms with van der Waals surface area (Å²) in [5.41, 5.74) is 0.519. The summed E-state index contributed by atoms with van der Waals surface area (Å²) in [5, 5.41) is 3.55. The first-order chi connectivity index (χ1) is 11.6. The van der Waals surface area contributed by atoms with E-state index in [1.807, 2.05) is 6.07 Å². The van der Waals surface area contributed by atoms with Gasteiger partial charge in [-0.1, -0.05) is 54.2 Å². The van der Waals surface area contributed by atoms with Crippen molar-refractivity contribution in [1.82, 2.24) is 10.2 Å². The molecule has 24 heavy (non-hydrogen) atoms. The van der Waals surface area contributed by atoms with E-state index in [9.17, 15) is 4.79 Å². The molecule has 1 aromatic carbocycles. The number of hydrogen-bond acceptors (Lipinski definition) is 3. The molecule has 1 aromatic rings. The largest absolute Gasteiger partial charge is 0.379 e. The number of nitrogens with one attached hydrogen (secondary N) is 1. The van der Waals surface area contributed by atoms with Gasteiger partial charge in [0.25, 0.3) is 5.91 Å². The van der Waals surface area contributed by atoms with E-state index in [2.05, 4.69) is 40.0 Å². The SMILES string of the molecule is CCC(CC)C(CNC(=O)c1ccc(Br)cc1Cl)N1CCOCC1. The van der Waals surface area contributed by atoms with Crippen molar-refractivity contribution in [2.24, 2.45) is 5.92 Å². The average molecular weight is 418 g/mol. The van der Waals surface area contributed by atoms with E-state index in [4.69, 9.17) is 16.3 Å². The molecule has 1 amide bonds. The Morgan fingerprint density at radius 3 is 2.58 bits per heavy atom. The van der Waals surface area contributed by atoms with Crippen LogP contribution in [0.5, 0.6) is 0 Å². The monoisotopic (exact) mass is 416 g/mol. The van der Waals surface area contributed by atoms with Gasteiger partial charge in [0, 0.05) is 30.1 Å². The van der Waals surface area contributed by atoms with E-state index < -0.39 is 0 Å². The van der Waals surface area contributed by atoms with Crippen LogP contribution in [0.1, 0.15) is 37.0 Å². The number of carbonyl (C=O) groups is 1. The van der Waals surface area contributed by atoms with Crippen LogP contribution in [0.3, 0.4) is 0 Å². The van der Waals surface area contributed by atoms with Gasteiger partial charge in [0.15, 0.2) is 0 Å². The second-order valence-electron chi connectivity index (χ2n) is 6.13. The molecule has 0 bridgehead atoms. The molecule has 1 unspecified atom stereocenters. The third-order valence-corrected chi connectivity index (χ3v) is 5.56. The predicted octanol–water partition coefficient (Wildman–Crippen LogP) is 3.97. The maximum atomic E-state index is 12.5. The van der Waals surface area contributed by atoms with Crippen LogP contribution in [-0.2, 0) is 4.74 Å². The summed E-state index contributed by atoms with van der Waals surface area (Å²) in [6, 6.07) is 5.67. The molecule has 6 heteroatoms. The minimum Gasteiger partial charge on any atom is -0.379 e. The number of ether oxygens (including phenoxy) is 1. The Hall–Kier alpha value is -0.620. The summed E-state index contributed by atoms with van der Waals surface area (Å²) in [5.74, 6) is 0.445. The Balaban J connectivity index is 2.04. The van der Waals surface area contributed by atoms with Crippen LogP contribution >= 0.6 is 27.5 Å². The lowest BCUT2D eigenvalue weighted by atomic mass is 9.92. The molecule has 134 valence electrons. The number of benzene rings is 1. The van der Waals surface area contributed by atoms with Crippen molar-refractivity contribution in [3.8, 4) is 0 Å². The van der Waals surface area contributed by atoms with Gasteiger partial charge in [-0.25, -0.2) is 0 Å². The van der Waals surface area contributed by atoms with Crippen LogP contribution in [0, 0.1) is 5.92 Å². The van der Waals surface area contributed by atoms with Crippen molar-refractivity contribution in [2.45, 2.75) is 32.7 Å². The molecule has 1 fully saturated rings. The molecule has 1 aliphatic heterocycles. The molecule has 1 saturated heterocycles. The molecule has 1 N–H and O–H groups in total. The van der Waals surface area contributed by atoms with E-state index in [-0.39, 0.29) is 5.91 Å². The molecule has 0 aliphatic carbocycles. The van der Waals surface area contributed by atoms with Crippen LogP contribution in [0.4, 0.5) is 0 Å². The lowest BCUT2D eigenvalue weighted by molar-refractivity contribution is 0.00191. The summed E-state index contributed by atoms with van der Waals surface area (Å²) >= 11 is 9.55. The normalized spacial score (nSPS) is 17.0. The van der Waals surface area contributed by atoms with E-state index in [0.717, 1.165) is 43.6 Å². The zero-order valence-corrected chi connectivity index (χ0v) is 16.7. The Morgan fingerprint density at radius 2 is 2.00 bits per heavy atom. The highest BCUT2D eigenvalue weighted by Crippen LogP contribution is 2.22. The standard InChI is InChI=1S/C18H26BrClN2O2/c1-3-13(4-2)17(22-7-9-24-10-8-22)12-21-18(23)15-6-5-14(19)11-16(15)20/h5-6,11,13,17H,3-4,7-10,12H2,1-2H3,(H,21,23). The van der Waals surface area contributed by atoms with Crippen molar-refractivity contribution in [2.75, 3.05) is 32.8 Å². The summed E-state index contributed by atoms with van der Waals surface area (Å²) in [6.45, 7) is 8.46. The van der Waals surface area contributed by atoms with Crippen molar-refractivity contribution >= 4 is 33.4 Å². The van der Waals surface area contributed by atoms with Crippen molar-refractivity contribution in [3.05, 3.63) is 33.3 Å². The first kappa shape index (κ1) is 19.7. The Kier molecular flexibility index (Phi) is 8.01. The molecule has 0 aromatic heterocycles. The number of rotatable bonds is 7. The van der Waals surface area contributed by atoms with Crippen LogP contribution in [-0.4, -0.2) is 49.7 Å². The van der Waals surface area contributed by atoms with Crippen molar-refractivity contribution < 1.29 is 9.53 Å². The van der Waals surface area contributed by atoms with Gasteiger partial charge in [-0.15, -0.1) is 0 Å². The lowest BCUT2D eigenvalue weighted by Gasteiger charge is -2.38. The fourth-order valence-electron chi connectivity index (χ4n) is 3.30. The minimum absolute atomic E-state index is 0.114. The van der Waals surface area contributed by atoms with E-state index in [0.29, 0.717) is 29.1 Å². The minimum atomic E-state index is -0.114. The number of carbonyl (C=O) groups excluding carboxylic acids is 1. The van der Waals surface area contributed by atoms with E-state index in [1.54, 1.807) is 12.1 Å². The number of morpholine rings is 1. The molecule has 4 nitrogen and oxygen atoms in total. The zero-order valence-electron chi connectivity index (χ0n) is 14.4. The smallest absolute Gasteiger partial charge is 0.252 e. The lowest BCUT2D eigenvalue weighted by Crippen LogP contribution is -2.52. The summed E-state index contributed by atoms with van der Waals surface area (Å²) in [4.78, 5) is 15.0. The molecule has 2 rings (SSSR count). The summed E-state index contributed by atoms with van der Waals surface area (Å²) in [7, 11) is 0. The van der Waals surface area contributed by atoms with Gasteiger partial charge < -0.3 is 10.1 Å². The van der Waals surface area contributed by atoms with Crippen molar-refractivity contribution in [1.29, 1.82) is 0 Å². The maximum Gasteiger partial charge on any atom is 0.252 e. The highest BCUT2D eigenvalue weighted by Gasteiger charge is 2.27. The molecule has 0 radical (unpaired) electrons. The van der Waals surface area contributed by atoms with E-state index in [1.165, 1.54) is 0 Å². The predicted molar refractivity (Wildman–Crippen MR) is 102 cm³/mol. The molecular formula is C18H26BrClN2O2. The molecule has 1 atom stereocenters. The van der Waals surface area contributed by atoms with Crippen LogP contribution in [0.15, 0.2) is 22.7 Å². The Morgan fingerprint density at radius 1 is 1.33 bits per heavy atom. The second-order valence-corrected chi connectivity index (χ2v) is 7.45. The van der Waals surface area contributed by atoms with Gasteiger partial charge in [0.05, 0.1) is 23.8 Å². The third-order valence-electron chi connectivity index (χ3n) is 4.76. The number of nitrogens with zero attached hydrogens (tertiary/aromatic N) is 1. The number of halogens is 2. The highest BCUT2D eigenvalue weighted by atomic mass is 79.9. The quantitative estimate of drug-likeness (QED) is 0.730. The molecule has 0 saturated carbocycles. The van der Waals surface area contributed by atoms with Gasteiger partial charge in [0.2, 0.25) is 0 Å². The highest BCUT2D eigenvalue weighted by molar-refractivity contribution is 9.10. The Labute approximate surface area is 158 Å². The van der Waals surface area contributed by atoms with Gasteiger partial charge in [-0.2, -0.15) is 0 Å². The number of amides is 1. The zero-order chi connectivity index (χ0) is 17.5. The first-order valence-electron chi connectivity index (χ1n) is 8.61. The van der Waals surface area contributed by atoms with Gasteiger partial charge in [-0.3, -0.25) is 9.69 Å². The van der Waals surface area contributed by atoms with E-state index >= 15 is 0 Å². The van der Waals surface area contributed by atoms with Gasteiger partial charge in [-0.05, 0) is 24.1 Å². The van der Waals surface area contributed by atoms with Crippen LogP contribution in [0.25, 0.3) is 0 Å². The molecule has 1 heterocycles. The number of hydrogen-bond donors (Lipinski definition) is 1. The second kappa shape index (κ2) is 9.76. The summed E-state index contributed by atoms with van der Waals surface area (Å²) < 4.78 is 6.34. The molecule has 1 aliphatic rings. The van der Waals surface area contributed by atoms with Gasteiger partial charge >= 0.3 is 0 Å². The molecule has 0 spiro atoms. The summed E-state index contributed by atoms with van der Waals surface area (Å²) in [6.07, 6.45) is 2.21. The first-order valence-corrected chi connectivity index (χ1v) is 9.78. The molecular weight excluding hydrogens is 392 g/mol. The Bertz CT molecular complexity index is 546.